The number of hydrogen-bond acceptors (Lipinski definition) is 1. The molecule has 4 rings (SSSR count). The van der Waals surface area contributed by atoms with Crippen molar-refractivity contribution in [3.8, 4) is 16.9 Å². The minimum Gasteiger partial charge on any atom is -0.310 e. The molecule has 1 aliphatic carbocycles. The Bertz CT molecular complexity index is 999. The fraction of sp³-hybridized carbons (Fsp3) is 0.261. The molecule has 0 unspecified atom stereocenters. The fourth-order valence-corrected chi connectivity index (χ4v) is 3.90. The summed E-state index contributed by atoms with van der Waals surface area (Å²) in [5, 5.41) is 0. The van der Waals surface area contributed by atoms with Crippen molar-refractivity contribution in [2.45, 2.75) is 33.6 Å². The van der Waals surface area contributed by atoms with Gasteiger partial charge in [-0.25, -0.2) is 4.39 Å². The van der Waals surface area contributed by atoms with E-state index in [-0.39, 0.29) is 17.0 Å². The molecule has 0 aliphatic heterocycles. The van der Waals surface area contributed by atoms with E-state index in [1.807, 2.05) is 54.0 Å². The van der Waals surface area contributed by atoms with Crippen LogP contribution in [0.3, 0.4) is 0 Å². The summed E-state index contributed by atoms with van der Waals surface area (Å²) in [6.45, 7) is 6.15. The lowest BCUT2D eigenvalue weighted by molar-refractivity contribution is 0.0911. The second-order valence-corrected chi connectivity index (χ2v) is 7.99. The number of carbonyl (C=O) groups excluding carboxylic acids is 1. The Morgan fingerprint density at radius 2 is 1.73 bits per heavy atom. The van der Waals surface area contributed by atoms with Crippen LogP contribution in [0.1, 0.15) is 41.9 Å². The number of halogens is 1. The second kappa shape index (κ2) is 5.94. The van der Waals surface area contributed by atoms with Gasteiger partial charge >= 0.3 is 0 Å². The molecule has 0 spiro atoms. The molecule has 1 aromatic heterocycles. The van der Waals surface area contributed by atoms with Gasteiger partial charge in [-0.3, -0.25) is 4.79 Å². The fourth-order valence-electron chi connectivity index (χ4n) is 3.90. The first kappa shape index (κ1) is 16.8. The molecule has 3 heteroatoms. The molecule has 132 valence electrons. The quantitative estimate of drug-likeness (QED) is 0.579. The molecular formula is C23H22FNO. The van der Waals surface area contributed by atoms with Crippen LogP contribution in [-0.2, 0) is 6.42 Å². The molecule has 0 bridgehead atoms. The highest BCUT2D eigenvalue weighted by Crippen LogP contribution is 2.40. The Hall–Kier alpha value is -2.68. The lowest BCUT2D eigenvalue weighted by Gasteiger charge is -2.30. The van der Waals surface area contributed by atoms with Crippen molar-refractivity contribution in [3.05, 3.63) is 77.2 Å². The zero-order valence-corrected chi connectivity index (χ0v) is 15.3. The SMILES string of the molecule is Cc1ccc(F)c(-n2c(-c3ccccc3)cc3c2CC(C)(C)CC3=O)c1. The molecule has 0 atom stereocenters. The molecule has 2 aromatic carbocycles. The van der Waals surface area contributed by atoms with Gasteiger partial charge in [-0.15, -0.1) is 0 Å². The Balaban J connectivity index is 2.05. The number of benzene rings is 2. The van der Waals surface area contributed by atoms with Crippen molar-refractivity contribution >= 4 is 5.78 Å². The van der Waals surface area contributed by atoms with Crippen LogP contribution >= 0.6 is 0 Å². The minimum absolute atomic E-state index is 0.131. The number of rotatable bonds is 2. The molecule has 1 heterocycles. The van der Waals surface area contributed by atoms with Crippen LogP contribution in [0.15, 0.2) is 54.6 Å². The van der Waals surface area contributed by atoms with Crippen LogP contribution in [0.25, 0.3) is 16.9 Å². The first-order chi connectivity index (χ1) is 12.4. The van der Waals surface area contributed by atoms with Crippen molar-refractivity contribution < 1.29 is 9.18 Å². The second-order valence-electron chi connectivity index (χ2n) is 7.99. The van der Waals surface area contributed by atoms with Crippen LogP contribution < -0.4 is 0 Å². The largest absolute Gasteiger partial charge is 0.310 e. The topological polar surface area (TPSA) is 22.0 Å². The van der Waals surface area contributed by atoms with E-state index in [1.165, 1.54) is 6.07 Å². The van der Waals surface area contributed by atoms with Crippen molar-refractivity contribution in [3.63, 3.8) is 0 Å². The molecule has 26 heavy (non-hydrogen) atoms. The number of aryl methyl sites for hydroxylation is 1. The molecule has 0 radical (unpaired) electrons. The van der Waals surface area contributed by atoms with Crippen molar-refractivity contribution in [1.82, 2.24) is 4.57 Å². The highest BCUT2D eigenvalue weighted by Gasteiger charge is 2.35. The average molecular weight is 347 g/mol. The molecular weight excluding hydrogens is 325 g/mol. The normalized spacial score (nSPS) is 15.8. The monoisotopic (exact) mass is 347 g/mol. The predicted octanol–water partition coefficient (Wildman–Crippen LogP) is 5.75. The van der Waals surface area contributed by atoms with Gasteiger partial charge in [0.2, 0.25) is 0 Å². The van der Waals surface area contributed by atoms with Crippen molar-refractivity contribution in [1.29, 1.82) is 0 Å². The van der Waals surface area contributed by atoms with E-state index < -0.39 is 0 Å². The first-order valence-corrected chi connectivity index (χ1v) is 8.95. The number of fused-ring (bicyclic) bond motifs is 1. The summed E-state index contributed by atoms with van der Waals surface area (Å²) in [6.07, 6.45) is 1.27. The number of carbonyl (C=O) groups is 1. The maximum atomic E-state index is 14.8. The molecule has 2 nitrogen and oxygen atoms in total. The standard InChI is InChI=1S/C23H22FNO/c1-15-9-10-18(24)20(11-15)25-19(16-7-5-4-6-8-16)12-17-21(25)13-23(2,3)14-22(17)26/h4-12H,13-14H2,1-3H3. The van der Waals surface area contributed by atoms with E-state index in [0.29, 0.717) is 12.1 Å². The van der Waals surface area contributed by atoms with Gasteiger partial charge in [0.05, 0.1) is 11.4 Å². The van der Waals surface area contributed by atoms with E-state index >= 15 is 0 Å². The molecule has 1 aliphatic rings. The zero-order chi connectivity index (χ0) is 18.5. The molecule has 0 saturated carbocycles. The molecule has 0 amide bonds. The van der Waals surface area contributed by atoms with Crippen LogP contribution in [0, 0.1) is 18.2 Å². The van der Waals surface area contributed by atoms with Gasteiger partial charge in [0.1, 0.15) is 5.82 Å². The maximum Gasteiger partial charge on any atom is 0.165 e. The Labute approximate surface area is 153 Å². The molecule has 0 N–H and O–H groups in total. The first-order valence-electron chi connectivity index (χ1n) is 8.95. The molecule has 3 aromatic rings. The van der Waals surface area contributed by atoms with E-state index in [2.05, 4.69) is 13.8 Å². The van der Waals surface area contributed by atoms with Crippen LogP contribution in [0.5, 0.6) is 0 Å². The van der Waals surface area contributed by atoms with Gasteiger partial charge < -0.3 is 4.57 Å². The van der Waals surface area contributed by atoms with Crippen LogP contribution in [0.4, 0.5) is 4.39 Å². The third kappa shape index (κ3) is 2.78. The number of Topliss-reactive ketones (excluding diaryl/α,β-unsaturated/α-hetero) is 1. The van der Waals surface area contributed by atoms with Gasteiger partial charge in [-0.1, -0.05) is 50.2 Å². The van der Waals surface area contributed by atoms with Gasteiger partial charge in [-0.05, 0) is 48.1 Å². The highest BCUT2D eigenvalue weighted by molar-refractivity contribution is 6.00. The van der Waals surface area contributed by atoms with Gasteiger partial charge in [-0.2, -0.15) is 0 Å². The third-order valence-electron chi connectivity index (χ3n) is 5.10. The van der Waals surface area contributed by atoms with Crippen LogP contribution in [0.2, 0.25) is 0 Å². The van der Waals surface area contributed by atoms with Crippen molar-refractivity contribution in [2.24, 2.45) is 5.41 Å². The summed E-state index contributed by atoms with van der Waals surface area (Å²) in [6, 6.07) is 16.9. The van der Waals surface area contributed by atoms with Crippen LogP contribution in [-0.4, -0.2) is 10.4 Å². The number of aromatic nitrogens is 1. The summed E-state index contributed by atoms with van der Waals surface area (Å²) in [5.41, 5.74) is 4.85. The number of nitrogens with zero attached hydrogens (tertiary/aromatic N) is 1. The lowest BCUT2D eigenvalue weighted by atomic mass is 9.76. The number of ketones is 1. The van der Waals surface area contributed by atoms with Gasteiger partial charge in [0.15, 0.2) is 5.78 Å². The predicted molar refractivity (Wildman–Crippen MR) is 102 cm³/mol. The highest BCUT2D eigenvalue weighted by atomic mass is 19.1. The minimum atomic E-state index is -0.276. The Kier molecular flexibility index (Phi) is 3.83. The Morgan fingerprint density at radius 1 is 1.00 bits per heavy atom. The average Bonchev–Trinajstić information content (AvgIpc) is 2.96. The Morgan fingerprint density at radius 3 is 2.46 bits per heavy atom. The van der Waals surface area contributed by atoms with Gasteiger partial charge in [0.25, 0.3) is 0 Å². The summed E-state index contributed by atoms with van der Waals surface area (Å²) in [5.74, 6) is -0.137. The van der Waals surface area contributed by atoms with Gasteiger partial charge in [0, 0.05) is 17.7 Å². The summed E-state index contributed by atoms with van der Waals surface area (Å²) < 4.78 is 16.7. The lowest BCUT2D eigenvalue weighted by Crippen LogP contribution is -2.28. The van der Waals surface area contributed by atoms with E-state index in [0.717, 1.165) is 34.5 Å². The zero-order valence-electron chi connectivity index (χ0n) is 15.3. The smallest absolute Gasteiger partial charge is 0.165 e. The van der Waals surface area contributed by atoms with Crippen molar-refractivity contribution in [2.75, 3.05) is 0 Å². The van der Waals surface area contributed by atoms with E-state index in [9.17, 15) is 9.18 Å². The maximum absolute atomic E-state index is 14.8. The summed E-state index contributed by atoms with van der Waals surface area (Å²) in [7, 11) is 0. The third-order valence-corrected chi connectivity index (χ3v) is 5.10. The molecule has 0 fully saturated rings. The summed E-state index contributed by atoms with van der Waals surface area (Å²) in [4.78, 5) is 12.8. The molecule has 0 saturated heterocycles. The van der Waals surface area contributed by atoms with E-state index in [4.69, 9.17) is 0 Å². The number of hydrogen-bond donors (Lipinski definition) is 0. The summed E-state index contributed by atoms with van der Waals surface area (Å²) >= 11 is 0. The van der Waals surface area contributed by atoms with E-state index in [1.54, 1.807) is 6.07 Å².